The Balaban J connectivity index is 1.79. The number of rotatable bonds is 10. The second kappa shape index (κ2) is 8.10. The van der Waals surface area contributed by atoms with Crippen molar-refractivity contribution >= 4 is 5.69 Å². The standard InChI is InChI=1S/C16H24N2O4/c1-2-8-17(10-13-6-7-13)11-15(19)12-22-16-5-3-4-14(9-16)18(20)21/h3-5,9,13,15,19H,2,6-8,10-12H2,1H3/t15-/m1/s1. The monoisotopic (exact) mass is 308 g/mol. The summed E-state index contributed by atoms with van der Waals surface area (Å²) >= 11 is 0. The fourth-order valence-electron chi connectivity index (χ4n) is 2.47. The van der Waals surface area contributed by atoms with Crippen LogP contribution in [-0.4, -0.2) is 47.3 Å². The molecule has 1 aliphatic rings. The quantitative estimate of drug-likeness (QED) is 0.531. The highest BCUT2D eigenvalue weighted by Gasteiger charge is 2.25. The highest BCUT2D eigenvalue weighted by Crippen LogP contribution is 2.29. The van der Waals surface area contributed by atoms with E-state index in [4.69, 9.17) is 4.74 Å². The Kier molecular flexibility index (Phi) is 6.15. The third kappa shape index (κ3) is 5.61. The van der Waals surface area contributed by atoms with Crippen molar-refractivity contribution in [1.29, 1.82) is 0 Å². The van der Waals surface area contributed by atoms with Crippen molar-refractivity contribution in [2.24, 2.45) is 5.92 Å². The van der Waals surface area contributed by atoms with Gasteiger partial charge in [0.15, 0.2) is 0 Å². The number of non-ortho nitro benzene ring substituents is 1. The molecule has 122 valence electrons. The van der Waals surface area contributed by atoms with E-state index in [0.29, 0.717) is 12.3 Å². The molecule has 1 saturated carbocycles. The van der Waals surface area contributed by atoms with Gasteiger partial charge in [-0.25, -0.2) is 0 Å². The Morgan fingerprint density at radius 3 is 2.91 bits per heavy atom. The Bertz CT molecular complexity index is 491. The molecule has 1 aromatic rings. The zero-order valence-corrected chi connectivity index (χ0v) is 13.0. The molecule has 22 heavy (non-hydrogen) atoms. The fraction of sp³-hybridized carbons (Fsp3) is 0.625. The van der Waals surface area contributed by atoms with Gasteiger partial charge in [0.25, 0.3) is 5.69 Å². The lowest BCUT2D eigenvalue weighted by atomic mass is 10.2. The van der Waals surface area contributed by atoms with E-state index >= 15 is 0 Å². The van der Waals surface area contributed by atoms with E-state index in [0.717, 1.165) is 25.4 Å². The molecule has 1 fully saturated rings. The third-order valence-electron chi connectivity index (χ3n) is 3.69. The van der Waals surface area contributed by atoms with E-state index in [2.05, 4.69) is 11.8 Å². The van der Waals surface area contributed by atoms with Gasteiger partial charge in [0.1, 0.15) is 18.5 Å². The first-order valence-corrected chi connectivity index (χ1v) is 7.86. The van der Waals surface area contributed by atoms with E-state index in [9.17, 15) is 15.2 Å². The van der Waals surface area contributed by atoms with Crippen LogP contribution in [0.25, 0.3) is 0 Å². The van der Waals surface area contributed by atoms with Crippen molar-refractivity contribution in [2.75, 3.05) is 26.2 Å². The molecule has 1 N–H and O–H groups in total. The number of aliphatic hydroxyl groups is 1. The summed E-state index contributed by atoms with van der Waals surface area (Å²) in [7, 11) is 0. The van der Waals surface area contributed by atoms with Gasteiger partial charge in [0.2, 0.25) is 0 Å². The molecule has 1 atom stereocenters. The van der Waals surface area contributed by atoms with Crippen LogP contribution in [0.1, 0.15) is 26.2 Å². The van der Waals surface area contributed by atoms with E-state index in [-0.39, 0.29) is 12.3 Å². The smallest absolute Gasteiger partial charge is 0.273 e. The number of aliphatic hydroxyl groups excluding tert-OH is 1. The first kappa shape index (κ1) is 16.7. The van der Waals surface area contributed by atoms with Crippen LogP contribution < -0.4 is 4.74 Å². The Labute approximate surface area is 130 Å². The molecule has 1 aliphatic carbocycles. The maximum absolute atomic E-state index is 10.7. The van der Waals surface area contributed by atoms with Gasteiger partial charge < -0.3 is 14.7 Å². The molecule has 0 spiro atoms. The SMILES string of the molecule is CCCN(CC1CC1)C[C@@H](O)COc1cccc([N+](=O)[O-])c1. The number of hydrogen-bond donors (Lipinski definition) is 1. The zero-order valence-electron chi connectivity index (χ0n) is 13.0. The van der Waals surface area contributed by atoms with Crippen LogP contribution in [0.4, 0.5) is 5.69 Å². The topological polar surface area (TPSA) is 75.8 Å². The number of nitro benzene ring substituents is 1. The largest absolute Gasteiger partial charge is 0.491 e. The fourth-order valence-corrected chi connectivity index (χ4v) is 2.47. The predicted molar refractivity (Wildman–Crippen MR) is 84.1 cm³/mol. The molecule has 0 radical (unpaired) electrons. The molecule has 0 unspecified atom stereocenters. The summed E-state index contributed by atoms with van der Waals surface area (Å²) in [5.41, 5.74) is -0.00617. The maximum Gasteiger partial charge on any atom is 0.273 e. The van der Waals surface area contributed by atoms with Gasteiger partial charge >= 0.3 is 0 Å². The minimum absolute atomic E-state index is 0.00617. The maximum atomic E-state index is 10.7. The average molecular weight is 308 g/mol. The van der Waals surface area contributed by atoms with E-state index in [1.54, 1.807) is 12.1 Å². The van der Waals surface area contributed by atoms with E-state index in [1.807, 2.05) is 0 Å². The number of nitrogens with zero attached hydrogens (tertiary/aromatic N) is 2. The minimum Gasteiger partial charge on any atom is -0.491 e. The highest BCUT2D eigenvalue weighted by atomic mass is 16.6. The highest BCUT2D eigenvalue weighted by molar-refractivity contribution is 5.37. The van der Waals surface area contributed by atoms with Crippen molar-refractivity contribution in [3.8, 4) is 5.75 Å². The van der Waals surface area contributed by atoms with Gasteiger partial charge in [-0.05, 0) is 37.8 Å². The first-order valence-electron chi connectivity index (χ1n) is 7.86. The molecular formula is C16H24N2O4. The number of ether oxygens (including phenoxy) is 1. The second-order valence-corrected chi connectivity index (χ2v) is 5.92. The molecule has 0 saturated heterocycles. The molecule has 1 aromatic carbocycles. The summed E-state index contributed by atoms with van der Waals surface area (Å²) in [6.07, 6.45) is 3.05. The zero-order chi connectivity index (χ0) is 15.9. The molecule has 0 bridgehead atoms. The van der Waals surface area contributed by atoms with Crippen molar-refractivity contribution in [3.05, 3.63) is 34.4 Å². The molecule has 2 rings (SSSR count). The van der Waals surface area contributed by atoms with Crippen molar-refractivity contribution in [1.82, 2.24) is 4.90 Å². The molecule has 6 nitrogen and oxygen atoms in total. The Morgan fingerprint density at radius 2 is 2.27 bits per heavy atom. The van der Waals surface area contributed by atoms with Crippen LogP contribution in [0, 0.1) is 16.0 Å². The van der Waals surface area contributed by atoms with Crippen molar-refractivity contribution < 1.29 is 14.8 Å². The summed E-state index contributed by atoms with van der Waals surface area (Å²) in [5, 5.41) is 20.8. The number of benzene rings is 1. The predicted octanol–water partition coefficient (Wildman–Crippen LogP) is 2.46. The van der Waals surface area contributed by atoms with Gasteiger partial charge in [-0.15, -0.1) is 0 Å². The second-order valence-electron chi connectivity index (χ2n) is 5.92. The lowest BCUT2D eigenvalue weighted by Crippen LogP contribution is -2.37. The van der Waals surface area contributed by atoms with Gasteiger partial charge in [0, 0.05) is 19.2 Å². The Morgan fingerprint density at radius 1 is 1.50 bits per heavy atom. The van der Waals surface area contributed by atoms with Crippen LogP contribution >= 0.6 is 0 Å². The molecule has 0 aromatic heterocycles. The first-order chi connectivity index (χ1) is 10.6. The summed E-state index contributed by atoms with van der Waals surface area (Å²) in [6, 6.07) is 6.03. The van der Waals surface area contributed by atoms with E-state index < -0.39 is 11.0 Å². The van der Waals surface area contributed by atoms with Crippen LogP contribution in [0.5, 0.6) is 5.75 Å². The van der Waals surface area contributed by atoms with Crippen LogP contribution in [-0.2, 0) is 0 Å². The lowest BCUT2D eigenvalue weighted by Gasteiger charge is -2.24. The lowest BCUT2D eigenvalue weighted by molar-refractivity contribution is -0.384. The molecule has 0 heterocycles. The van der Waals surface area contributed by atoms with Gasteiger partial charge in [0.05, 0.1) is 11.0 Å². The molecule has 0 aliphatic heterocycles. The van der Waals surface area contributed by atoms with Crippen LogP contribution in [0.15, 0.2) is 24.3 Å². The summed E-state index contributed by atoms with van der Waals surface area (Å²) < 4.78 is 5.48. The van der Waals surface area contributed by atoms with Crippen molar-refractivity contribution in [3.63, 3.8) is 0 Å². The summed E-state index contributed by atoms with van der Waals surface area (Å²) in [4.78, 5) is 12.5. The summed E-state index contributed by atoms with van der Waals surface area (Å²) in [6.45, 7) is 4.88. The Hall–Kier alpha value is -1.66. The number of nitro groups is 1. The van der Waals surface area contributed by atoms with Gasteiger partial charge in [-0.1, -0.05) is 13.0 Å². The number of hydrogen-bond acceptors (Lipinski definition) is 5. The summed E-state index contributed by atoms with van der Waals surface area (Å²) in [5.74, 6) is 1.20. The molecule has 0 amide bonds. The van der Waals surface area contributed by atoms with Crippen LogP contribution in [0.3, 0.4) is 0 Å². The normalized spacial score (nSPS) is 15.8. The average Bonchev–Trinajstić information content (AvgIpc) is 3.29. The molecule has 6 heteroatoms. The van der Waals surface area contributed by atoms with Gasteiger partial charge in [-0.3, -0.25) is 10.1 Å². The minimum atomic E-state index is -0.593. The third-order valence-corrected chi connectivity index (χ3v) is 3.69. The van der Waals surface area contributed by atoms with Crippen molar-refractivity contribution in [2.45, 2.75) is 32.3 Å². The van der Waals surface area contributed by atoms with E-state index in [1.165, 1.54) is 25.0 Å². The van der Waals surface area contributed by atoms with Gasteiger partial charge in [-0.2, -0.15) is 0 Å². The molecular weight excluding hydrogens is 284 g/mol. The van der Waals surface area contributed by atoms with Crippen LogP contribution in [0.2, 0.25) is 0 Å².